The second-order valence-electron chi connectivity index (χ2n) is 26.6. The van der Waals surface area contributed by atoms with Crippen molar-refractivity contribution in [2.45, 2.75) is 307 Å². The summed E-state index contributed by atoms with van der Waals surface area (Å²) in [5.74, 6) is 6.69. The van der Waals surface area contributed by atoms with Gasteiger partial charge in [0, 0.05) is 39.3 Å². The number of aryl methyl sites for hydroxylation is 2. The Balaban J connectivity index is 0. The molecule has 0 heterocycles. The van der Waals surface area contributed by atoms with Crippen molar-refractivity contribution in [2.75, 3.05) is 28.2 Å². The van der Waals surface area contributed by atoms with Crippen LogP contribution in [0.5, 0.6) is 0 Å². The maximum Gasteiger partial charge on any atom is 0.0652 e. The highest BCUT2D eigenvalue weighted by Crippen LogP contribution is 2.39. The Morgan fingerprint density at radius 1 is 0.355 bits per heavy atom. The first kappa shape index (κ1) is 90.1. The monoisotopic (exact) mass is 1280 g/mol. The molecule has 0 radical (unpaired) electrons. The molecule has 0 unspecified atom stereocenters. The van der Waals surface area contributed by atoms with Crippen LogP contribution in [0.25, 0.3) is 11.1 Å². The van der Waals surface area contributed by atoms with Gasteiger partial charge < -0.3 is 10.0 Å². The van der Waals surface area contributed by atoms with E-state index in [4.69, 9.17) is 10.2 Å². The summed E-state index contributed by atoms with van der Waals surface area (Å²) in [4.78, 5) is 0. The molecule has 0 aliphatic heterocycles. The maximum atomic E-state index is 4.84. The predicted octanol–water partition coefficient (Wildman–Crippen LogP) is 27.0. The summed E-state index contributed by atoms with van der Waals surface area (Å²) in [6.07, 6.45) is 32.9. The third-order valence-corrected chi connectivity index (χ3v) is 19.2. The molecule has 0 saturated heterocycles. The molecule has 0 bridgehead atoms. The molecule has 9 rings (SSSR count). The molecule has 0 atom stereocenters. The molecule has 4 nitrogen and oxygen atoms in total. The van der Waals surface area contributed by atoms with Crippen LogP contribution >= 0.6 is 0 Å². The van der Waals surface area contributed by atoms with Crippen LogP contribution < -0.4 is 0 Å². The number of nitrogens with zero attached hydrogens (tertiary/aromatic N) is 4. The lowest BCUT2D eigenvalue weighted by Gasteiger charge is -2.29. The van der Waals surface area contributed by atoms with Gasteiger partial charge in [0.1, 0.15) is 0 Å². The van der Waals surface area contributed by atoms with Crippen LogP contribution in [0.3, 0.4) is 0 Å². The molecule has 4 heteroatoms. The Morgan fingerprint density at radius 3 is 1.03 bits per heavy atom. The first-order valence-electron chi connectivity index (χ1n) is 37.2. The highest BCUT2D eigenvalue weighted by atomic mass is 15.4. The lowest BCUT2D eigenvalue weighted by molar-refractivity contribution is 0.272. The maximum absolute atomic E-state index is 4.84. The largest absolute Gasteiger partial charge is 0.303 e. The zero-order valence-corrected chi connectivity index (χ0v) is 61.5. The highest BCUT2D eigenvalue weighted by molar-refractivity contribution is 6.04. The van der Waals surface area contributed by atoms with Crippen molar-refractivity contribution in [1.82, 2.24) is 10.0 Å². The fourth-order valence-electron chi connectivity index (χ4n) is 14.5. The van der Waals surface area contributed by atoms with Crippen LogP contribution in [-0.4, -0.2) is 49.6 Å². The SMILES string of the molecule is C.C.C.C.CC.CC.CC.CC.CC.CCCc1ccc(CC2CCC(Cc3ccc(-c4ccc(C5CCC(C)CC5)cc4)c(/C(C)=N/N(C)C)c3)CC2)cc1.CCCc1ccc(CC2CCC(Cc3ccc(CC4CCC(C)CC4)cc3/C(C)=N/N(C)C)CC2)cc1. The van der Waals surface area contributed by atoms with E-state index in [9.17, 15) is 0 Å². The summed E-state index contributed by atoms with van der Waals surface area (Å²) < 4.78 is 0. The van der Waals surface area contributed by atoms with E-state index in [1.807, 2.05) is 107 Å². The average Bonchev–Trinajstić information content (AvgIpc) is 0.902. The first-order chi connectivity index (χ1) is 43.3. The van der Waals surface area contributed by atoms with Gasteiger partial charge in [-0.25, -0.2) is 0 Å². The minimum absolute atomic E-state index is 0. The lowest BCUT2D eigenvalue weighted by atomic mass is 9.76. The van der Waals surface area contributed by atoms with Crippen LogP contribution in [0.2, 0.25) is 0 Å². The van der Waals surface area contributed by atoms with Gasteiger partial charge in [-0.3, -0.25) is 0 Å². The minimum atomic E-state index is 0. The standard InChI is InChI=1S/C40H54N2.C35H52N2.5C2H6.4CH4/c1-6-7-31-10-12-32(13-11-31)26-33-14-16-34(17-15-33)27-35-18-25-39(40(28-35)30(3)41-42(4)5)38-23-21-37(22-24-38)36-19-8-29(2)9-20-36;1-6-7-28-12-14-30(15-13-28)22-31-16-18-32(19-17-31)24-34-21-20-33(23-29-10-8-26(2)9-11-29)25-35(34)27(3)36-37(4)5;5*1-2;;;;/h10-13,18,21-25,28-29,33-34,36H,6-9,14-17,19-20,26-27H2,1-5H3;12-15,20-21,25-26,29,31-32H,6-11,16-19,22-24H2,1-5H3;5*1-2H3;4*1H4/b41-30+;36-27+;;;;;;;;;. The zero-order valence-electron chi connectivity index (χ0n) is 61.5. The van der Waals surface area contributed by atoms with Crippen molar-refractivity contribution >= 4 is 11.4 Å². The van der Waals surface area contributed by atoms with Gasteiger partial charge in [-0.05, 0) is 251 Å². The molecule has 0 aromatic heterocycles. The summed E-state index contributed by atoms with van der Waals surface area (Å²) in [5.41, 5.74) is 19.6. The van der Waals surface area contributed by atoms with Gasteiger partial charge in [0.2, 0.25) is 0 Å². The van der Waals surface area contributed by atoms with Crippen molar-refractivity contribution in [3.8, 4) is 11.1 Å². The van der Waals surface area contributed by atoms with Crippen molar-refractivity contribution < 1.29 is 0 Å². The normalized spacial score (nSPS) is 20.6. The molecule has 4 aliphatic rings. The Morgan fingerprint density at radius 2 is 0.656 bits per heavy atom. The van der Waals surface area contributed by atoms with Crippen LogP contribution in [0.4, 0.5) is 0 Å². The van der Waals surface area contributed by atoms with E-state index in [2.05, 4.69) is 151 Å². The molecule has 0 spiro atoms. The number of hydrogen-bond donors (Lipinski definition) is 0. The average molecular weight is 1280 g/mol. The molecule has 4 fully saturated rings. The number of rotatable bonds is 20. The van der Waals surface area contributed by atoms with Crippen LogP contribution in [0.15, 0.2) is 119 Å². The van der Waals surface area contributed by atoms with Crippen LogP contribution in [0, 0.1) is 41.4 Å². The summed E-state index contributed by atoms with van der Waals surface area (Å²) in [6, 6.07) is 43.0. The van der Waals surface area contributed by atoms with Crippen molar-refractivity contribution in [1.29, 1.82) is 0 Å². The Hall–Kier alpha value is -4.96. The van der Waals surface area contributed by atoms with Gasteiger partial charge in [0.05, 0.1) is 11.4 Å². The fourth-order valence-corrected chi connectivity index (χ4v) is 14.5. The Bertz CT molecular complexity index is 2640. The van der Waals surface area contributed by atoms with E-state index < -0.39 is 0 Å². The minimum Gasteiger partial charge on any atom is -0.303 e. The van der Waals surface area contributed by atoms with Crippen LogP contribution in [-0.2, 0) is 44.9 Å². The summed E-state index contributed by atoms with van der Waals surface area (Å²) in [6.45, 7) is 33.7. The molecular weight excluding hydrogens is 1130 g/mol. The molecule has 5 aromatic rings. The van der Waals surface area contributed by atoms with Crippen molar-refractivity contribution in [3.63, 3.8) is 0 Å². The molecular formula is C89H152N4. The second-order valence-corrected chi connectivity index (χ2v) is 26.6. The molecule has 4 saturated carbocycles. The lowest BCUT2D eigenvalue weighted by Crippen LogP contribution is -2.19. The third kappa shape index (κ3) is 31.6. The topological polar surface area (TPSA) is 31.2 Å². The summed E-state index contributed by atoms with van der Waals surface area (Å²) >= 11 is 0. The van der Waals surface area contributed by atoms with E-state index in [0.717, 1.165) is 53.1 Å². The molecule has 4 aliphatic carbocycles. The summed E-state index contributed by atoms with van der Waals surface area (Å²) in [7, 11) is 8.11. The fraction of sp³-hybridized carbons (Fsp3) is 0.640. The number of hydrogen-bond acceptors (Lipinski definition) is 4. The van der Waals surface area contributed by atoms with Gasteiger partial charge in [0.25, 0.3) is 0 Å². The third-order valence-electron chi connectivity index (χ3n) is 19.2. The van der Waals surface area contributed by atoms with E-state index in [1.54, 1.807) is 0 Å². The molecule has 528 valence electrons. The second kappa shape index (κ2) is 51.3. The summed E-state index contributed by atoms with van der Waals surface area (Å²) in [5, 5.41) is 13.5. The first-order valence-corrected chi connectivity index (χ1v) is 37.2. The predicted molar refractivity (Wildman–Crippen MR) is 426 cm³/mol. The number of hydrazone groups is 2. The smallest absolute Gasteiger partial charge is 0.0652 e. The highest BCUT2D eigenvalue weighted by Gasteiger charge is 2.26. The van der Waals surface area contributed by atoms with Gasteiger partial charge in [-0.1, -0.05) is 262 Å². The number of benzene rings is 5. The van der Waals surface area contributed by atoms with E-state index >= 15 is 0 Å². The van der Waals surface area contributed by atoms with E-state index in [1.165, 1.54) is 233 Å². The Labute approximate surface area is 580 Å². The quantitative estimate of drug-likeness (QED) is 0.0574. The van der Waals surface area contributed by atoms with Crippen LogP contribution in [0.1, 0.15) is 318 Å². The molecule has 0 N–H and O–H groups in total. The Kier molecular flexibility index (Phi) is 49.7. The zero-order chi connectivity index (χ0) is 65.7. The molecule has 5 aromatic carbocycles. The van der Waals surface area contributed by atoms with Gasteiger partial charge in [0.15, 0.2) is 0 Å². The van der Waals surface area contributed by atoms with Crippen molar-refractivity contribution in [2.24, 2.45) is 51.6 Å². The van der Waals surface area contributed by atoms with E-state index in [0.29, 0.717) is 0 Å². The van der Waals surface area contributed by atoms with Gasteiger partial charge in [-0.2, -0.15) is 10.2 Å². The van der Waals surface area contributed by atoms with Crippen molar-refractivity contribution in [3.05, 3.63) is 165 Å². The van der Waals surface area contributed by atoms with E-state index in [-0.39, 0.29) is 29.7 Å². The molecule has 93 heavy (non-hydrogen) atoms. The van der Waals surface area contributed by atoms with Gasteiger partial charge in [-0.15, -0.1) is 0 Å². The van der Waals surface area contributed by atoms with Gasteiger partial charge >= 0.3 is 0 Å². The molecule has 0 amide bonds.